The molecule has 0 fully saturated rings. The second-order valence-corrected chi connectivity index (χ2v) is 4.49. The second kappa shape index (κ2) is 6.89. The Morgan fingerprint density at radius 1 is 1.56 bits per heavy atom. The zero-order valence-corrected chi connectivity index (χ0v) is 11.7. The first-order chi connectivity index (χ1) is 7.04. The van der Waals surface area contributed by atoms with E-state index >= 15 is 0 Å². The second-order valence-electron chi connectivity index (χ2n) is 3.57. The van der Waals surface area contributed by atoms with Crippen LogP contribution in [0.5, 0.6) is 0 Å². The van der Waals surface area contributed by atoms with Crippen molar-refractivity contribution in [3.63, 3.8) is 0 Å². The van der Waals surface area contributed by atoms with E-state index in [0.29, 0.717) is 12.1 Å². The van der Waals surface area contributed by atoms with Crippen molar-refractivity contribution in [2.75, 3.05) is 6.54 Å². The molecular formula is C11H16BrClN2O. The first-order valence-electron chi connectivity index (χ1n) is 4.81. The number of aryl methyl sites for hydroxylation is 1. The standard InChI is InChI=1S/C11H15BrN2O.ClH/c1-7-5-9(12)3-4-10(7)11(15)14-8(2)6-13;/h3-5,8H,6,13H2,1-2H3,(H,14,15);1H/t8-;/m0./s1. The van der Waals surface area contributed by atoms with Gasteiger partial charge in [-0.05, 0) is 37.6 Å². The van der Waals surface area contributed by atoms with Crippen molar-refractivity contribution in [2.45, 2.75) is 19.9 Å². The third-order valence-electron chi connectivity index (χ3n) is 2.16. The van der Waals surface area contributed by atoms with Crippen LogP contribution < -0.4 is 11.1 Å². The van der Waals surface area contributed by atoms with Crippen LogP contribution in [0, 0.1) is 6.92 Å². The van der Waals surface area contributed by atoms with Crippen molar-refractivity contribution < 1.29 is 4.79 Å². The van der Waals surface area contributed by atoms with Gasteiger partial charge in [-0.15, -0.1) is 12.4 Å². The molecule has 0 unspecified atom stereocenters. The Labute approximate surface area is 110 Å². The summed E-state index contributed by atoms with van der Waals surface area (Å²) in [6, 6.07) is 5.58. The maximum atomic E-state index is 11.8. The van der Waals surface area contributed by atoms with Crippen molar-refractivity contribution in [3.8, 4) is 0 Å². The maximum Gasteiger partial charge on any atom is 0.251 e. The van der Waals surface area contributed by atoms with E-state index in [0.717, 1.165) is 10.0 Å². The molecule has 90 valence electrons. The lowest BCUT2D eigenvalue weighted by Crippen LogP contribution is -2.38. The average Bonchev–Trinajstić information content (AvgIpc) is 2.17. The number of carbonyl (C=O) groups is 1. The summed E-state index contributed by atoms with van der Waals surface area (Å²) in [4.78, 5) is 11.8. The van der Waals surface area contributed by atoms with Gasteiger partial charge in [-0.25, -0.2) is 0 Å². The van der Waals surface area contributed by atoms with E-state index in [-0.39, 0.29) is 24.4 Å². The summed E-state index contributed by atoms with van der Waals surface area (Å²) in [5.41, 5.74) is 7.08. The monoisotopic (exact) mass is 306 g/mol. The molecule has 3 N–H and O–H groups in total. The summed E-state index contributed by atoms with van der Waals surface area (Å²) >= 11 is 3.36. The van der Waals surface area contributed by atoms with Gasteiger partial charge in [0.1, 0.15) is 0 Å². The topological polar surface area (TPSA) is 55.1 Å². The molecule has 0 saturated heterocycles. The fraction of sp³-hybridized carbons (Fsp3) is 0.364. The Balaban J connectivity index is 0.00000225. The minimum Gasteiger partial charge on any atom is -0.348 e. The van der Waals surface area contributed by atoms with Gasteiger partial charge in [-0.3, -0.25) is 4.79 Å². The Bertz CT molecular complexity index is 371. The van der Waals surface area contributed by atoms with Crippen molar-refractivity contribution in [1.29, 1.82) is 0 Å². The van der Waals surface area contributed by atoms with Crippen molar-refractivity contribution in [2.24, 2.45) is 5.73 Å². The van der Waals surface area contributed by atoms with Crippen molar-refractivity contribution in [1.82, 2.24) is 5.32 Å². The number of carbonyl (C=O) groups excluding carboxylic acids is 1. The smallest absolute Gasteiger partial charge is 0.251 e. The van der Waals surface area contributed by atoms with Gasteiger partial charge < -0.3 is 11.1 Å². The minimum atomic E-state index is -0.0713. The molecule has 16 heavy (non-hydrogen) atoms. The molecule has 0 spiro atoms. The molecule has 3 nitrogen and oxygen atoms in total. The van der Waals surface area contributed by atoms with E-state index < -0.39 is 0 Å². The van der Waals surface area contributed by atoms with E-state index in [1.54, 1.807) is 6.07 Å². The summed E-state index contributed by atoms with van der Waals surface area (Å²) in [6.45, 7) is 4.24. The molecule has 0 bridgehead atoms. The van der Waals surface area contributed by atoms with Crippen LogP contribution >= 0.6 is 28.3 Å². The van der Waals surface area contributed by atoms with Gasteiger partial charge in [-0.2, -0.15) is 0 Å². The zero-order chi connectivity index (χ0) is 11.4. The molecule has 0 aliphatic rings. The average molecular weight is 308 g/mol. The molecule has 1 atom stereocenters. The number of halogens is 2. The molecular weight excluding hydrogens is 291 g/mol. The summed E-state index contributed by atoms with van der Waals surface area (Å²) in [7, 11) is 0. The number of rotatable bonds is 3. The lowest BCUT2D eigenvalue weighted by Gasteiger charge is -2.12. The number of benzene rings is 1. The molecule has 0 aliphatic carbocycles. The lowest BCUT2D eigenvalue weighted by atomic mass is 10.1. The Morgan fingerprint density at radius 2 is 2.19 bits per heavy atom. The zero-order valence-electron chi connectivity index (χ0n) is 9.29. The normalized spacial score (nSPS) is 11.5. The molecule has 0 aromatic heterocycles. The maximum absolute atomic E-state index is 11.8. The minimum absolute atomic E-state index is 0. The van der Waals surface area contributed by atoms with Crippen molar-refractivity contribution >= 4 is 34.2 Å². The fourth-order valence-corrected chi connectivity index (χ4v) is 1.72. The molecule has 0 aliphatic heterocycles. The van der Waals surface area contributed by atoms with E-state index in [2.05, 4.69) is 21.2 Å². The van der Waals surface area contributed by atoms with Gasteiger partial charge in [0.15, 0.2) is 0 Å². The van der Waals surface area contributed by atoms with E-state index in [1.165, 1.54) is 0 Å². The Kier molecular flexibility index (Phi) is 6.64. The van der Waals surface area contributed by atoms with Crippen LogP contribution in [-0.2, 0) is 0 Å². The van der Waals surface area contributed by atoms with Crippen LogP contribution in [0.2, 0.25) is 0 Å². The van der Waals surface area contributed by atoms with Crippen LogP contribution in [0.25, 0.3) is 0 Å². The van der Waals surface area contributed by atoms with Gasteiger partial charge >= 0.3 is 0 Å². The van der Waals surface area contributed by atoms with Crippen LogP contribution in [0.3, 0.4) is 0 Å². The molecule has 5 heteroatoms. The van der Waals surface area contributed by atoms with E-state index in [4.69, 9.17) is 5.73 Å². The predicted molar refractivity (Wildman–Crippen MR) is 72.1 cm³/mol. The molecule has 0 heterocycles. The number of nitrogens with two attached hydrogens (primary N) is 1. The van der Waals surface area contributed by atoms with Crippen LogP contribution in [0.1, 0.15) is 22.8 Å². The quantitative estimate of drug-likeness (QED) is 0.900. The highest BCUT2D eigenvalue weighted by Crippen LogP contribution is 2.15. The van der Waals surface area contributed by atoms with Gasteiger partial charge in [0.05, 0.1) is 0 Å². The Hall–Kier alpha value is -0.580. The lowest BCUT2D eigenvalue weighted by molar-refractivity contribution is 0.0940. The summed E-state index contributed by atoms with van der Waals surface area (Å²) in [6.07, 6.45) is 0. The molecule has 1 rings (SSSR count). The third kappa shape index (κ3) is 4.12. The number of hydrogen-bond donors (Lipinski definition) is 2. The summed E-state index contributed by atoms with van der Waals surface area (Å²) in [5, 5.41) is 2.83. The Morgan fingerprint density at radius 3 is 2.69 bits per heavy atom. The number of amides is 1. The highest BCUT2D eigenvalue weighted by Gasteiger charge is 2.10. The first-order valence-corrected chi connectivity index (χ1v) is 5.61. The molecule has 1 aromatic rings. The number of nitrogens with one attached hydrogen (secondary N) is 1. The number of hydrogen-bond acceptors (Lipinski definition) is 2. The molecule has 1 amide bonds. The highest BCUT2D eigenvalue weighted by molar-refractivity contribution is 9.10. The predicted octanol–water partition coefficient (Wildman–Crippen LogP) is 2.26. The van der Waals surface area contributed by atoms with Crippen molar-refractivity contribution in [3.05, 3.63) is 33.8 Å². The van der Waals surface area contributed by atoms with Gasteiger partial charge in [-0.1, -0.05) is 15.9 Å². The van der Waals surface area contributed by atoms with Gasteiger partial charge in [0, 0.05) is 22.6 Å². The summed E-state index contributed by atoms with van der Waals surface area (Å²) in [5.74, 6) is -0.0713. The molecule has 0 radical (unpaired) electrons. The van der Waals surface area contributed by atoms with E-state index in [1.807, 2.05) is 26.0 Å². The highest BCUT2D eigenvalue weighted by atomic mass is 79.9. The van der Waals surface area contributed by atoms with Crippen LogP contribution in [0.4, 0.5) is 0 Å². The van der Waals surface area contributed by atoms with Crippen LogP contribution in [-0.4, -0.2) is 18.5 Å². The van der Waals surface area contributed by atoms with Gasteiger partial charge in [0.25, 0.3) is 5.91 Å². The molecule has 0 saturated carbocycles. The molecule has 1 aromatic carbocycles. The SMILES string of the molecule is Cc1cc(Br)ccc1C(=O)N[C@@H](C)CN.Cl. The first kappa shape index (κ1) is 15.4. The largest absolute Gasteiger partial charge is 0.348 e. The van der Waals surface area contributed by atoms with Crippen LogP contribution in [0.15, 0.2) is 22.7 Å². The fourth-order valence-electron chi connectivity index (χ4n) is 1.24. The summed E-state index contributed by atoms with van der Waals surface area (Å²) < 4.78 is 0.975. The third-order valence-corrected chi connectivity index (χ3v) is 2.66. The van der Waals surface area contributed by atoms with Gasteiger partial charge in [0.2, 0.25) is 0 Å². The van der Waals surface area contributed by atoms with E-state index in [9.17, 15) is 4.79 Å².